The van der Waals surface area contributed by atoms with E-state index < -0.39 is 17.2 Å². The van der Waals surface area contributed by atoms with E-state index in [0.29, 0.717) is 5.56 Å². The van der Waals surface area contributed by atoms with Crippen molar-refractivity contribution in [2.75, 3.05) is 0 Å². The van der Waals surface area contributed by atoms with Crippen LogP contribution in [0, 0.1) is 0 Å². The van der Waals surface area contributed by atoms with Crippen LogP contribution in [0.25, 0.3) is 22.3 Å². The second-order valence-electron chi connectivity index (χ2n) is 4.73. The molecule has 1 N–H and O–H groups in total. The summed E-state index contributed by atoms with van der Waals surface area (Å²) >= 11 is 0. The topological polar surface area (TPSA) is 50.4 Å². The van der Waals surface area contributed by atoms with Crippen LogP contribution in [0.15, 0.2) is 57.7 Å². The second kappa shape index (κ2) is 4.91. The minimum Gasteiger partial charge on any atom is -0.508 e. The molecule has 0 amide bonds. The van der Waals surface area contributed by atoms with E-state index >= 15 is 0 Å². The Labute approximate surface area is 122 Å². The maximum Gasteiger partial charge on any atom is 0.416 e. The summed E-state index contributed by atoms with van der Waals surface area (Å²) in [6, 6.07) is 9.84. The van der Waals surface area contributed by atoms with Gasteiger partial charge in [-0.25, -0.2) is 0 Å². The van der Waals surface area contributed by atoms with Crippen molar-refractivity contribution in [2.45, 2.75) is 6.18 Å². The molecule has 112 valence electrons. The molecule has 0 fully saturated rings. The van der Waals surface area contributed by atoms with Crippen LogP contribution >= 0.6 is 0 Å². The first-order valence-corrected chi connectivity index (χ1v) is 6.29. The molecule has 0 aliphatic carbocycles. The highest BCUT2D eigenvalue weighted by atomic mass is 19.4. The van der Waals surface area contributed by atoms with Crippen molar-refractivity contribution in [1.29, 1.82) is 0 Å². The maximum absolute atomic E-state index is 12.7. The fourth-order valence-electron chi connectivity index (χ4n) is 2.10. The standard InChI is InChI=1S/C16H9F3O3/c17-16(18,19)10-3-6-14-12(7-10)13(21)8-15(22-14)9-1-4-11(20)5-2-9/h1-8,20H. The van der Waals surface area contributed by atoms with Crippen molar-refractivity contribution in [2.24, 2.45) is 0 Å². The van der Waals surface area contributed by atoms with E-state index in [0.717, 1.165) is 24.3 Å². The molecule has 0 saturated carbocycles. The molecular formula is C16H9F3O3. The summed E-state index contributed by atoms with van der Waals surface area (Å²) in [5.74, 6) is 0.277. The number of rotatable bonds is 1. The molecular weight excluding hydrogens is 297 g/mol. The number of hydrogen-bond donors (Lipinski definition) is 1. The van der Waals surface area contributed by atoms with Gasteiger partial charge in [-0.3, -0.25) is 4.79 Å². The quantitative estimate of drug-likeness (QED) is 0.733. The van der Waals surface area contributed by atoms with Crippen molar-refractivity contribution in [3.63, 3.8) is 0 Å². The molecule has 0 atom stereocenters. The molecule has 0 unspecified atom stereocenters. The molecule has 0 aliphatic heterocycles. The van der Waals surface area contributed by atoms with Gasteiger partial charge in [0.2, 0.25) is 0 Å². The van der Waals surface area contributed by atoms with E-state index in [1.165, 1.54) is 12.1 Å². The summed E-state index contributed by atoms with van der Waals surface area (Å²) in [7, 11) is 0. The molecule has 0 bridgehead atoms. The first kappa shape index (κ1) is 14.2. The van der Waals surface area contributed by atoms with E-state index in [-0.39, 0.29) is 22.5 Å². The lowest BCUT2D eigenvalue weighted by molar-refractivity contribution is -0.137. The minimum absolute atomic E-state index is 0.0571. The molecule has 3 nitrogen and oxygen atoms in total. The van der Waals surface area contributed by atoms with Gasteiger partial charge in [0.1, 0.15) is 17.1 Å². The summed E-state index contributed by atoms with van der Waals surface area (Å²) in [4.78, 5) is 12.0. The fourth-order valence-corrected chi connectivity index (χ4v) is 2.10. The SMILES string of the molecule is O=c1cc(-c2ccc(O)cc2)oc2ccc(C(F)(F)F)cc12. The highest BCUT2D eigenvalue weighted by molar-refractivity contribution is 5.79. The summed E-state index contributed by atoms with van der Waals surface area (Å²) in [6.07, 6.45) is -4.52. The van der Waals surface area contributed by atoms with E-state index in [2.05, 4.69) is 0 Å². The van der Waals surface area contributed by atoms with Gasteiger partial charge >= 0.3 is 6.18 Å². The van der Waals surface area contributed by atoms with Crippen molar-refractivity contribution >= 4 is 11.0 Å². The van der Waals surface area contributed by atoms with Crippen LogP contribution in [-0.2, 0) is 6.18 Å². The number of benzene rings is 2. The van der Waals surface area contributed by atoms with Crippen LogP contribution in [0.3, 0.4) is 0 Å². The number of halogens is 3. The average molecular weight is 306 g/mol. The van der Waals surface area contributed by atoms with E-state index in [4.69, 9.17) is 4.42 Å². The molecule has 0 aliphatic rings. The number of phenolic OH excluding ortho intramolecular Hbond substituents is 1. The third kappa shape index (κ3) is 2.55. The fraction of sp³-hybridized carbons (Fsp3) is 0.0625. The van der Waals surface area contributed by atoms with Gasteiger partial charge in [-0.15, -0.1) is 0 Å². The Morgan fingerprint density at radius 3 is 2.27 bits per heavy atom. The smallest absolute Gasteiger partial charge is 0.416 e. The lowest BCUT2D eigenvalue weighted by Gasteiger charge is -2.08. The Balaban J connectivity index is 2.18. The molecule has 6 heteroatoms. The van der Waals surface area contributed by atoms with Crippen molar-refractivity contribution < 1.29 is 22.7 Å². The number of fused-ring (bicyclic) bond motifs is 1. The van der Waals surface area contributed by atoms with Crippen LogP contribution in [0.5, 0.6) is 5.75 Å². The normalized spacial score (nSPS) is 11.8. The number of phenols is 1. The summed E-state index contributed by atoms with van der Waals surface area (Å²) in [5, 5.41) is 9.11. The highest BCUT2D eigenvalue weighted by Crippen LogP contribution is 2.31. The Kier molecular flexibility index (Phi) is 3.16. The lowest BCUT2D eigenvalue weighted by Crippen LogP contribution is -2.07. The zero-order valence-corrected chi connectivity index (χ0v) is 11.0. The summed E-state index contributed by atoms with van der Waals surface area (Å²) in [5.41, 5.74) is -0.847. The second-order valence-corrected chi connectivity index (χ2v) is 4.73. The molecule has 1 aromatic heterocycles. The zero-order chi connectivity index (χ0) is 15.9. The number of alkyl halides is 3. The lowest BCUT2D eigenvalue weighted by atomic mass is 10.1. The Morgan fingerprint density at radius 2 is 1.64 bits per heavy atom. The van der Waals surface area contributed by atoms with Crippen LogP contribution in [0.2, 0.25) is 0 Å². The first-order chi connectivity index (χ1) is 10.3. The monoisotopic (exact) mass is 306 g/mol. The molecule has 0 saturated heterocycles. The van der Waals surface area contributed by atoms with E-state index in [1.54, 1.807) is 12.1 Å². The maximum atomic E-state index is 12.7. The minimum atomic E-state index is -4.52. The Bertz CT molecular complexity index is 893. The largest absolute Gasteiger partial charge is 0.508 e. The average Bonchev–Trinajstić information content (AvgIpc) is 2.46. The van der Waals surface area contributed by atoms with Crippen LogP contribution in [0.4, 0.5) is 13.2 Å². The summed E-state index contributed by atoms with van der Waals surface area (Å²) in [6.45, 7) is 0. The Hall–Kier alpha value is -2.76. The van der Waals surface area contributed by atoms with E-state index in [1.807, 2.05) is 0 Å². The van der Waals surface area contributed by atoms with Crippen molar-refractivity contribution in [3.8, 4) is 17.1 Å². The zero-order valence-electron chi connectivity index (χ0n) is 11.0. The summed E-state index contributed by atoms with van der Waals surface area (Å²) < 4.78 is 43.5. The molecule has 3 aromatic rings. The molecule has 3 rings (SSSR count). The van der Waals surface area contributed by atoms with Crippen molar-refractivity contribution in [1.82, 2.24) is 0 Å². The van der Waals surface area contributed by atoms with Gasteiger partial charge in [-0.1, -0.05) is 0 Å². The first-order valence-electron chi connectivity index (χ1n) is 6.29. The predicted octanol–water partition coefficient (Wildman–Crippen LogP) is 4.18. The molecule has 2 aromatic carbocycles. The Morgan fingerprint density at radius 1 is 0.955 bits per heavy atom. The third-order valence-corrected chi connectivity index (χ3v) is 3.21. The van der Waals surface area contributed by atoms with Crippen LogP contribution in [-0.4, -0.2) is 5.11 Å². The van der Waals surface area contributed by atoms with Gasteiger partial charge in [0.25, 0.3) is 0 Å². The van der Waals surface area contributed by atoms with Crippen molar-refractivity contribution in [3.05, 3.63) is 64.3 Å². The molecule has 22 heavy (non-hydrogen) atoms. The van der Waals surface area contributed by atoms with Gasteiger partial charge in [0.15, 0.2) is 5.43 Å². The molecule has 0 spiro atoms. The van der Waals surface area contributed by atoms with E-state index in [9.17, 15) is 23.1 Å². The van der Waals surface area contributed by atoms with Gasteiger partial charge in [-0.05, 0) is 42.5 Å². The number of aromatic hydroxyl groups is 1. The van der Waals surface area contributed by atoms with Gasteiger partial charge in [-0.2, -0.15) is 13.2 Å². The van der Waals surface area contributed by atoms with Gasteiger partial charge in [0.05, 0.1) is 10.9 Å². The van der Waals surface area contributed by atoms with Gasteiger partial charge in [0, 0.05) is 11.6 Å². The molecule has 0 radical (unpaired) electrons. The molecule has 1 heterocycles. The van der Waals surface area contributed by atoms with Crippen LogP contribution < -0.4 is 5.43 Å². The highest BCUT2D eigenvalue weighted by Gasteiger charge is 2.30. The third-order valence-electron chi connectivity index (χ3n) is 3.21. The van der Waals surface area contributed by atoms with Gasteiger partial charge < -0.3 is 9.52 Å². The van der Waals surface area contributed by atoms with Crippen LogP contribution in [0.1, 0.15) is 5.56 Å². The predicted molar refractivity (Wildman–Crippen MR) is 74.6 cm³/mol. The number of hydrogen-bond acceptors (Lipinski definition) is 3.